The zero-order valence-electron chi connectivity index (χ0n) is 15.2. The summed E-state index contributed by atoms with van der Waals surface area (Å²) in [6.07, 6.45) is 2.07. The van der Waals surface area contributed by atoms with Crippen molar-refractivity contribution in [3.63, 3.8) is 0 Å². The van der Waals surface area contributed by atoms with Gasteiger partial charge >= 0.3 is 0 Å². The quantitative estimate of drug-likeness (QED) is 0.640. The van der Waals surface area contributed by atoms with Gasteiger partial charge in [0, 0.05) is 38.3 Å². The molecule has 1 amide bonds. The van der Waals surface area contributed by atoms with Crippen LogP contribution in [0.3, 0.4) is 0 Å². The lowest BCUT2D eigenvalue weighted by molar-refractivity contribution is -0.385. The summed E-state index contributed by atoms with van der Waals surface area (Å²) in [4.78, 5) is 30.8. The average Bonchev–Trinajstić information content (AvgIpc) is 2.84. The molecule has 1 atom stereocenters. The van der Waals surface area contributed by atoms with Crippen LogP contribution in [0.4, 0.5) is 11.5 Å². The lowest BCUT2D eigenvalue weighted by Crippen LogP contribution is -2.34. The number of nitro groups is 1. The average molecular weight is 369 g/mol. The topological polar surface area (TPSA) is 106 Å². The van der Waals surface area contributed by atoms with Crippen LogP contribution in [0.5, 0.6) is 0 Å². The molecular weight excluding hydrogens is 346 g/mol. The van der Waals surface area contributed by atoms with Gasteiger partial charge in [0.15, 0.2) is 0 Å². The lowest BCUT2D eigenvalue weighted by atomic mass is 10.1. The van der Waals surface area contributed by atoms with Gasteiger partial charge in [-0.3, -0.25) is 19.8 Å². The van der Waals surface area contributed by atoms with Gasteiger partial charge in [0.25, 0.3) is 11.6 Å². The zero-order valence-corrected chi connectivity index (χ0v) is 15.2. The first-order chi connectivity index (χ1) is 13.0. The van der Waals surface area contributed by atoms with Crippen LogP contribution < -0.4 is 10.6 Å². The summed E-state index contributed by atoms with van der Waals surface area (Å²) in [5.41, 5.74) is 6.56. The maximum atomic E-state index is 11.8. The molecule has 8 nitrogen and oxygen atoms in total. The Kier molecular flexibility index (Phi) is 5.66. The molecule has 2 aromatic rings. The van der Waals surface area contributed by atoms with Gasteiger partial charge in [-0.05, 0) is 18.9 Å². The van der Waals surface area contributed by atoms with Crippen molar-refractivity contribution < 1.29 is 9.72 Å². The van der Waals surface area contributed by atoms with Crippen molar-refractivity contribution in [1.29, 1.82) is 0 Å². The van der Waals surface area contributed by atoms with Gasteiger partial charge in [0.05, 0.1) is 10.5 Å². The largest absolute Gasteiger partial charge is 0.365 e. The Morgan fingerprint density at radius 3 is 2.70 bits per heavy atom. The van der Waals surface area contributed by atoms with Gasteiger partial charge < -0.3 is 10.6 Å². The van der Waals surface area contributed by atoms with E-state index in [4.69, 9.17) is 5.73 Å². The van der Waals surface area contributed by atoms with Gasteiger partial charge in [-0.15, -0.1) is 0 Å². The summed E-state index contributed by atoms with van der Waals surface area (Å²) >= 11 is 0. The maximum absolute atomic E-state index is 11.8. The molecule has 0 bridgehead atoms. The highest BCUT2D eigenvalue weighted by atomic mass is 16.6. The second kappa shape index (κ2) is 8.13. The molecule has 3 rings (SSSR count). The van der Waals surface area contributed by atoms with Crippen LogP contribution in [0.2, 0.25) is 0 Å². The van der Waals surface area contributed by atoms with Gasteiger partial charge in [0.1, 0.15) is 12.0 Å². The summed E-state index contributed by atoms with van der Waals surface area (Å²) in [6.45, 7) is 5.21. The third kappa shape index (κ3) is 4.40. The third-order valence-corrected chi connectivity index (χ3v) is 4.95. The molecule has 8 heteroatoms. The Morgan fingerprint density at radius 2 is 2.04 bits per heavy atom. The molecule has 2 heterocycles. The highest BCUT2D eigenvalue weighted by Crippen LogP contribution is 2.25. The van der Waals surface area contributed by atoms with E-state index < -0.39 is 10.8 Å². The minimum atomic E-state index is -0.709. The number of pyridine rings is 1. The van der Waals surface area contributed by atoms with E-state index in [1.165, 1.54) is 17.8 Å². The van der Waals surface area contributed by atoms with E-state index in [2.05, 4.69) is 28.9 Å². The molecule has 1 aliphatic rings. The molecule has 1 aromatic heterocycles. The first-order valence-electron chi connectivity index (χ1n) is 8.93. The van der Waals surface area contributed by atoms with Crippen molar-refractivity contribution in [3.8, 4) is 0 Å². The van der Waals surface area contributed by atoms with Gasteiger partial charge in [-0.25, -0.2) is 4.98 Å². The molecule has 1 saturated heterocycles. The molecule has 0 radical (unpaired) electrons. The van der Waals surface area contributed by atoms with E-state index in [1.54, 1.807) is 0 Å². The van der Waals surface area contributed by atoms with Crippen LogP contribution in [-0.4, -0.2) is 46.4 Å². The second-order valence-corrected chi connectivity index (χ2v) is 6.77. The lowest BCUT2D eigenvalue weighted by Gasteiger charge is -2.26. The van der Waals surface area contributed by atoms with Crippen LogP contribution in [0, 0.1) is 10.1 Å². The number of carbonyl (C=O) groups is 1. The molecule has 1 unspecified atom stereocenters. The molecule has 2 N–H and O–H groups in total. The normalized spacial score (nSPS) is 18.1. The van der Waals surface area contributed by atoms with Crippen molar-refractivity contribution in [2.24, 2.45) is 5.73 Å². The Labute approximate surface area is 157 Å². The Bertz CT molecular complexity index is 827. The first kappa shape index (κ1) is 18.8. The summed E-state index contributed by atoms with van der Waals surface area (Å²) in [6, 6.07) is 11.9. The van der Waals surface area contributed by atoms with E-state index in [1.807, 2.05) is 23.1 Å². The number of amides is 1. The summed E-state index contributed by atoms with van der Waals surface area (Å²) in [5, 5.41) is 11.0. The number of anilines is 1. The molecule has 1 fully saturated rings. The molecule has 0 spiro atoms. The van der Waals surface area contributed by atoms with E-state index in [-0.39, 0.29) is 11.3 Å². The Balaban J connectivity index is 1.79. The van der Waals surface area contributed by atoms with Gasteiger partial charge in [-0.2, -0.15) is 0 Å². The number of nitrogens with zero attached hydrogens (tertiary/aromatic N) is 4. The molecule has 1 aliphatic heterocycles. The predicted octanol–water partition coefficient (Wildman–Crippen LogP) is 2.19. The van der Waals surface area contributed by atoms with Crippen molar-refractivity contribution in [2.45, 2.75) is 25.9 Å². The summed E-state index contributed by atoms with van der Waals surface area (Å²) in [5.74, 6) is -0.290. The number of hydrogen-bond donors (Lipinski definition) is 1. The number of rotatable bonds is 5. The van der Waals surface area contributed by atoms with Crippen LogP contribution in [0.1, 0.15) is 29.3 Å². The van der Waals surface area contributed by atoms with E-state index in [9.17, 15) is 14.9 Å². The van der Waals surface area contributed by atoms with Crippen molar-refractivity contribution in [3.05, 3.63) is 63.8 Å². The fourth-order valence-electron chi connectivity index (χ4n) is 3.35. The molecule has 0 aliphatic carbocycles. The van der Waals surface area contributed by atoms with Crippen LogP contribution >= 0.6 is 0 Å². The number of nitrogens with two attached hydrogens (primary N) is 1. The second-order valence-electron chi connectivity index (χ2n) is 6.77. The standard InChI is InChI=1S/C19H23N5O3/c1-14-7-8-22(9-10-23(14)13-15-5-3-2-4-6-15)19-17(18(20)25)11-16(12-21-19)24(26)27/h2-6,11-12,14H,7-10,13H2,1H3,(H2,20,25). The number of benzene rings is 1. The molecule has 1 aromatic carbocycles. The summed E-state index contributed by atoms with van der Waals surface area (Å²) in [7, 11) is 0. The smallest absolute Gasteiger partial charge is 0.288 e. The van der Waals surface area contributed by atoms with E-state index >= 15 is 0 Å². The minimum Gasteiger partial charge on any atom is -0.365 e. The number of hydrogen-bond acceptors (Lipinski definition) is 6. The Morgan fingerprint density at radius 1 is 1.30 bits per heavy atom. The zero-order chi connectivity index (χ0) is 19.4. The van der Waals surface area contributed by atoms with Crippen LogP contribution in [0.15, 0.2) is 42.6 Å². The SMILES string of the molecule is CC1CCN(c2ncc([N+](=O)[O-])cc2C(N)=O)CCN1Cc1ccccc1. The fraction of sp³-hybridized carbons (Fsp3) is 0.368. The molecular formula is C19H23N5O3. The first-order valence-corrected chi connectivity index (χ1v) is 8.93. The van der Waals surface area contributed by atoms with Crippen molar-refractivity contribution in [2.75, 3.05) is 24.5 Å². The van der Waals surface area contributed by atoms with Gasteiger partial charge in [0.2, 0.25) is 0 Å². The fourth-order valence-corrected chi connectivity index (χ4v) is 3.35. The monoisotopic (exact) mass is 369 g/mol. The van der Waals surface area contributed by atoms with Crippen LogP contribution in [-0.2, 0) is 6.54 Å². The molecule has 27 heavy (non-hydrogen) atoms. The van der Waals surface area contributed by atoms with E-state index in [0.29, 0.717) is 24.9 Å². The van der Waals surface area contributed by atoms with E-state index in [0.717, 1.165) is 19.5 Å². The highest BCUT2D eigenvalue weighted by Gasteiger charge is 2.25. The Hall–Kier alpha value is -3.00. The molecule has 0 saturated carbocycles. The molecule has 142 valence electrons. The van der Waals surface area contributed by atoms with Crippen molar-refractivity contribution in [1.82, 2.24) is 9.88 Å². The van der Waals surface area contributed by atoms with Gasteiger partial charge in [-0.1, -0.05) is 30.3 Å². The third-order valence-electron chi connectivity index (χ3n) is 4.95. The minimum absolute atomic E-state index is 0.0911. The maximum Gasteiger partial charge on any atom is 0.288 e. The highest BCUT2D eigenvalue weighted by molar-refractivity contribution is 5.98. The number of primary amides is 1. The van der Waals surface area contributed by atoms with Crippen LogP contribution in [0.25, 0.3) is 0 Å². The summed E-state index contributed by atoms with van der Waals surface area (Å²) < 4.78 is 0. The van der Waals surface area contributed by atoms with Crippen molar-refractivity contribution >= 4 is 17.4 Å². The predicted molar refractivity (Wildman–Crippen MR) is 103 cm³/mol. The number of carbonyl (C=O) groups excluding carboxylic acids is 1. The number of aromatic nitrogens is 1.